The van der Waals surface area contributed by atoms with Crippen LogP contribution in [-0.2, 0) is 11.3 Å². The van der Waals surface area contributed by atoms with Gasteiger partial charge < -0.3 is 10.5 Å². The molecule has 0 bridgehead atoms. The summed E-state index contributed by atoms with van der Waals surface area (Å²) < 4.78 is 18.8. The molecule has 0 aromatic heterocycles. The average molecular weight is 324 g/mol. The van der Waals surface area contributed by atoms with E-state index in [9.17, 15) is 9.18 Å². The standard InChI is InChI=1S/C14H11BrFNO2/c15-11-5-10(6-13(17)7-11)14(18)19-8-9-2-1-3-12(16)4-9/h1-7H,8,17H2. The van der Waals surface area contributed by atoms with Gasteiger partial charge in [-0.15, -0.1) is 0 Å². The largest absolute Gasteiger partial charge is 0.457 e. The maximum absolute atomic E-state index is 13.0. The van der Waals surface area contributed by atoms with Crippen LogP contribution in [0.5, 0.6) is 0 Å². The van der Waals surface area contributed by atoms with Crippen molar-refractivity contribution in [2.24, 2.45) is 0 Å². The molecule has 0 radical (unpaired) electrons. The molecule has 5 heteroatoms. The lowest BCUT2D eigenvalue weighted by atomic mass is 10.2. The van der Waals surface area contributed by atoms with E-state index in [4.69, 9.17) is 10.5 Å². The van der Waals surface area contributed by atoms with Gasteiger partial charge in [-0.25, -0.2) is 9.18 Å². The molecule has 0 aliphatic rings. The minimum absolute atomic E-state index is 0.0169. The smallest absolute Gasteiger partial charge is 0.338 e. The number of nitrogens with two attached hydrogens (primary N) is 1. The lowest BCUT2D eigenvalue weighted by Gasteiger charge is -2.06. The molecule has 0 amide bonds. The lowest BCUT2D eigenvalue weighted by Crippen LogP contribution is -2.06. The van der Waals surface area contributed by atoms with E-state index in [1.165, 1.54) is 18.2 Å². The molecule has 0 heterocycles. The Hall–Kier alpha value is -1.88. The third-order valence-corrected chi connectivity index (χ3v) is 2.87. The van der Waals surface area contributed by atoms with Gasteiger partial charge in [-0.2, -0.15) is 0 Å². The second-order valence-corrected chi connectivity index (χ2v) is 4.89. The topological polar surface area (TPSA) is 52.3 Å². The zero-order valence-corrected chi connectivity index (χ0v) is 11.5. The highest BCUT2D eigenvalue weighted by molar-refractivity contribution is 9.10. The van der Waals surface area contributed by atoms with Crippen molar-refractivity contribution in [2.45, 2.75) is 6.61 Å². The van der Waals surface area contributed by atoms with Crippen molar-refractivity contribution in [2.75, 3.05) is 5.73 Å². The molecule has 0 fully saturated rings. The molecule has 3 nitrogen and oxygen atoms in total. The highest BCUT2D eigenvalue weighted by Crippen LogP contribution is 2.18. The number of ether oxygens (including phenoxy) is 1. The number of nitrogen functional groups attached to an aromatic ring is 1. The lowest BCUT2D eigenvalue weighted by molar-refractivity contribution is 0.0472. The highest BCUT2D eigenvalue weighted by atomic mass is 79.9. The third-order valence-electron chi connectivity index (χ3n) is 2.41. The van der Waals surface area contributed by atoms with E-state index in [0.717, 1.165) is 0 Å². The van der Waals surface area contributed by atoms with Crippen molar-refractivity contribution >= 4 is 27.6 Å². The fourth-order valence-corrected chi connectivity index (χ4v) is 2.10. The molecule has 2 rings (SSSR count). The first-order valence-electron chi connectivity index (χ1n) is 5.52. The van der Waals surface area contributed by atoms with E-state index >= 15 is 0 Å². The van der Waals surface area contributed by atoms with Crippen molar-refractivity contribution in [3.05, 3.63) is 63.9 Å². The number of benzene rings is 2. The zero-order chi connectivity index (χ0) is 13.8. The van der Waals surface area contributed by atoms with Gasteiger partial charge in [-0.05, 0) is 35.9 Å². The Balaban J connectivity index is 2.05. The fourth-order valence-electron chi connectivity index (χ4n) is 1.59. The van der Waals surface area contributed by atoms with Crippen LogP contribution in [-0.4, -0.2) is 5.97 Å². The minimum atomic E-state index is -0.503. The third kappa shape index (κ3) is 3.79. The second kappa shape index (κ2) is 5.84. The molecule has 0 saturated heterocycles. The monoisotopic (exact) mass is 323 g/mol. The Morgan fingerprint density at radius 3 is 2.74 bits per heavy atom. The van der Waals surface area contributed by atoms with Crippen LogP contribution in [0, 0.1) is 5.82 Å². The van der Waals surface area contributed by atoms with Gasteiger partial charge in [0.2, 0.25) is 0 Å². The predicted octanol–water partition coefficient (Wildman–Crippen LogP) is 3.53. The van der Waals surface area contributed by atoms with E-state index in [1.54, 1.807) is 24.3 Å². The van der Waals surface area contributed by atoms with E-state index in [2.05, 4.69) is 15.9 Å². The summed E-state index contributed by atoms with van der Waals surface area (Å²) in [7, 11) is 0. The summed E-state index contributed by atoms with van der Waals surface area (Å²) >= 11 is 3.25. The SMILES string of the molecule is Nc1cc(Br)cc(C(=O)OCc2cccc(F)c2)c1. The summed E-state index contributed by atoms with van der Waals surface area (Å²) in [5.41, 5.74) is 7.05. The van der Waals surface area contributed by atoms with Crippen molar-refractivity contribution in [1.82, 2.24) is 0 Å². The van der Waals surface area contributed by atoms with Gasteiger partial charge >= 0.3 is 5.97 Å². The summed E-state index contributed by atoms with van der Waals surface area (Å²) in [4.78, 5) is 11.8. The second-order valence-electron chi connectivity index (χ2n) is 3.98. The van der Waals surface area contributed by atoms with Gasteiger partial charge in [-0.1, -0.05) is 28.1 Å². The number of hydrogen-bond donors (Lipinski definition) is 1. The number of carbonyl (C=O) groups is 1. The van der Waals surface area contributed by atoms with Crippen LogP contribution < -0.4 is 5.73 Å². The Kier molecular flexibility index (Phi) is 4.16. The summed E-state index contributed by atoms with van der Waals surface area (Å²) in [5.74, 6) is -0.863. The molecule has 98 valence electrons. The van der Waals surface area contributed by atoms with Crippen molar-refractivity contribution < 1.29 is 13.9 Å². The minimum Gasteiger partial charge on any atom is -0.457 e. The summed E-state index contributed by atoms with van der Waals surface area (Å²) in [5, 5.41) is 0. The maximum atomic E-state index is 13.0. The normalized spacial score (nSPS) is 10.2. The van der Waals surface area contributed by atoms with Crippen LogP contribution in [0.3, 0.4) is 0 Å². The molecule has 2 N–H and O–H groups in total. The number of esters is 1. The maximum Gasteiger partial charge on any atom is 0.338 e. The zero-order valence-electron chi connectivity index (χ0n) is 9.90. The molecule has 2 aromatic rings. The van der Waals surface area contributed by atoms with Gasteiger partial charge in [0.25, 0.3) is 0 Å². The quantitative estimate of drug-likeness (QED) is 0.694. The van der Waals surface area contributed by atoms with Gasteiger partial charge in [0.15, 0.2) is 0 Å². The van der Waals surface area contributed by atoms with Crippen molar-refractivity contribution in [3.8, 4) is 0 Å². The van der Waals surface area contributed by atoms with E-state index in [0.29, 0.717) is 21.3 Å². The molecule has 0 spiro atoms. The Bertz CT molecular complexity index is 596. The molecule has 2 aromatic carbocycles. The molecule has 0 unspecified atom stereocenters. The van der Waals surface area contributed by atoms with Crippen molar-refractivity contribution in [1.29, 1.82) is 0 Å². The fraction of sp³-hybridized carbons (Fsp3) is 0.0714. The number of anilines is 1. The van der Waals surface area contributed by atoms with Crippen LogP contribution in [0.2, 0.25) is 0 Å². The van der Waals surface area contributed by atoms with Gasteiger partial charge in [-0.3, -0.25) is 0 Å². The summed E-state index contributed by atoms with van der Waals surface area (Å²) in [6, 6.07) is 10.7. The van der Waals surface area contributed by atoms with Gasteiger partial charge in [0.1, 0.15) is 12.4 Å². The molecular formula is C14H11BrFNO2. The first-order chi connectivity index (χ1) is 9.04. The van der Waals surface area contributed by atoms with E-state index in [-0.39, 0.29) is 12.4 Å². The van der Waals surface area contributed by atoms with Crippen LogP contribution in [0.4, 0.5) is 10.1 Å². The average Bonchev–Trinajstić information content (AvgIpc) is 2.35. The van der Waals surface area contributed by atoms with Crippen LogP contribution in [0.15, 0.2) is 46.9 Å². The number of carbonyl (C=O) groups excluding carboxylic acids is 1. The number of hydrogen-bond acceptors (Lipinski definition) is 3. The van der Waals surface area contributed by atoms with Crippen LogP contribution in [0.1, 0.15) is 15.9 Å². The predicted molar refractivity (Wildman–Crippen MR) is 74.1 cm³/mol. The summed E-state index contributed by atoms with van der Waals surface area (Å²) in [6.45, 7) is 0.0169. The van der Waals surface area contributed by atoms with Gasteiger partial charge in [0, 0.05) is 10.2 Å². The Morgan fingerprint density at radius 2 is 2.05 bits per heavy atom. The number of rotatable bonds is 3. The Morgan fingerprint density at radius 1 is 1.26 bits per heavy atom. The molecule has 0 aliphatic carbocycles. The van der Waals surface area contributed by atoms with Crippen LogP contribution in [0.25, 0.3) is 0 Å². The molecule has 0 aliphatic heterocycles. The first-order valence-corrected chi connectivity index (χ1v) is 6.31. The molecule has 0 saturated carbocycles. The molecule has 19 heavy (non-hydrogen) atoms. The first kappa shape index (κ1) is 13.5. The number of halogens is 2. The molecule has 0 atom stereocenters. The Labute approximate surface area is 118 Å². The summed E-state index contributed by atoms with van der Waals surface area (Å²) in [6.07, 6.45) is 0. The van der Waals surface area contributed by atoms with Gasteiger partial charge in [0.05, 0.1) is 5.56 Å². The van der Waals surface area contributed by atoms with Crippen molar-refractivity contribution in [3.63, 3.8) is 0 Å². The van der Waals surface area contributed by atoms with E-state index < -0.39 is 5.97 Å². The molecular weight excluding hydrogens is 313 g/mol. The highest BCUT2D eigenvalue weighted by Gasteiger charge is 2.09. The van der Waals surface area contributed by atoms with E-state index in [1.807, 2.05) is 0 Å². The van der Waals surface area contributed by atoms with Crippen LogP contribution >= 0.6 is 15.9 Å².